The van der Waals surface area contributed by atoms with Crippen LogP contribution < -0.4 is 51.4 Å². The van der Waals surface area contributed by atoms with Gasteiger partial charge in [0.15, 0.2) is 0 Å². The van der Waals surface area contributed by atoms with E-state index < -0.39 is 30.4 Å². The van der Waals surface area contributed by atoms with E-state index in [4.69, 9.17) is 0 Å². The first-order valence-corrected chi connectivity index (χ1v) is 4.14. The summed E-state index contributed by atoms with van der Waals surface area (Å²) in [5, 5.41) is 0. The molecule has 90 valence electrons. The molecule has 0 aliphatic rings. The molecule has 17 heavy (non-hydrogen) atoms. The van der Waals surface area contributed by atoms with E-state index in [0.717, 1.165) is 0 Å². The van der Waals surface area contributed by atoms with Crippen LogP contribution in [0.15, 0.2) is 24.3 Å². The Morgan fingerprint density at radius 3 is 1.65 bits per heavy atom. The van der Waals surface area contributed by atoms with Crippen molar-refractivity contribution in [2.24, 2.45) is 0 Å². The Kier molecular flexibility index (Phi) is 6.20. The van der Waals surface area contributed by atoms with Crippen molar-refractivity contribution in [2.45, 2.75) is 12.0 Å². The van der Waals surface area contributed by atoms with E-state index in [1.807, 2.05) is 0 Å². The molecule has 0 radical (unpaired) electrons. The van der Waals surface area contributed by atoms with Crippen LogP contribution in [0.2, 0.25) is 0 Å². The van der Waals surface area contributed by atoms with Crippen LogP contribution in [0.1, 0.15) is 11.4 Å². The summed E-state index contributed by atoms with van der Waals surface area (Å²) in [6, 6.07) is 2.11. The van der Waals surface area contributed by atoms with Gasteiger partial charge in [-0.3, -0.25) is 0 Å². The summed E-state index contributed by atoms with van der Waals surface area (Å²) in [5.41, 5.74) is -0.999. The van der Waals surface area contributed by atoms with E-state index in [1.165, 1.54) is 0 Å². The number of hydrogen-bond acceptors (Lipinski definition) is 0. The second-order valence-corrected chi connectivity index (χ2v) is 3.20. The predicted molar refractivity (Wildman–Crippen MR) is 44.3 cm³/mol. The minimum absolute atomic E-state index is 0. The molecule has 0 amide bonds. The molecule has 0 spiro atoms. The number of alkyl halides is 3. The molecule has 1 atom stereocenters. The molecule has 0 N–H and O–H groups in total. The molecule has 9 heteroatoms. The molecule has 0 saturated heterocycles. The van der Waals surface area contributed by atoms with Gasteiger partial charge in [-0.25, -0.2) is 4.39 Å². The van der Waals surface area contributed by atoms with Crippen LogP contribution in [0.5, 0.6) is 0 Å². The van der Waals surface area contributed by atoms with Crippen molar-refractivity contribution in [1.82, 2.24) is 0 Å². The summed E-state index contributed by atoms with van der Waals surface area (Å²) in [7, 11) is 0. The van der Waals surface area contributed by atoms with Gasteiger partial charge in [0.2, 0.25) is 0 Å². The molecule has 0 aliphatic carbocycles. The summed E-state index contributed by atoms with van der Waals surface area (Å²) < 4.78 is 85.8. The first-order valence-electron chi connectivity index (χ1n) is 4.14. The van der Waals surface area contributed by atoms with Gasteiger partial charge in [0.25, 0.3) is 0 Å². The van der Waals surface area contributed by atoms with Crippen LogP contribution in [-0.4, -0.2) is 13.2 Å². The van der Waals surface area contributed by atoms with Crippen LogP contribution >= 0.6 is 0 Å². The van der Waals surface area contributed by atoms with Gasteiger partial charge in [-0.1, -0.05) is 17.7 Å². The smallest absolute Gasteiger partial charge is 0.448 e. The summed E-state index contributed by atoms with van der Waals surface area (Å²) in [6.45, 7) is -6.11. The number of benzene rings is 1. The molecular formula is C8H5BF7K. The number of hydrogen-bond donors (Lipinski definition) is 0. The SMILES string of the molecule is Fc1ccc(C([B-](F)(F)F)C(F)(F)F)cc1.[K+]. The predicted octanol–water partition coefficient (Wildman–Crippen LogP) is 0.862. The molecule has 1 aromatic carbocycles. The van der Waals surface area contributed by atoms with Gasteiger partial charge in [0.05, 0.1) is 0 Å². The van der Waals surface area contributed by atoms with Crippen molar-refractivity contribution < 1.29 is 81.9 Å². The molecule has 0 aromatic heterocycles. The Hall–Kier alpha value is 0.431. The molecule has 0 bridgehead atoms. The Morgan fingerprint density at radius 2 is 1.35 bits per heavy atom. The summed E-state index contributed by atoms with van der Waals surface area (Å²) in [4.78, 5) is 0. The van der Waals surface area contributed by atoms with Crippen molar-refractivity contribution in [2.75, 3.05) is 0 Å². The first kappa shape index (κ1) is 17.4. The average Bonchev–Trinajstić information content (AvgIpc) is 2.03. The van der Waals surface area contributed by atoms with Gasteiger partial charge in [0.1, 0.15) is 5.82 Å². The fraction of sp³-hybridized carbons (Fsp3) is 0.250. The van der Waals surface area contributed by atoms with E-state index >= 15 is 0 Å². The minimum Gasteiger partial charge on any atom is -0.448 e. The summed E-state index contributed by atoms with van der Waals surface area (Å²) in [5.74, 6) is -4.41. The number of rotatable bonds is 2. The zero-order valence-corrected chi connectivity index (χ0v) is 11.7. The van der Waals surface area contributed by atoms with E-state index in [2.05, 4.69) is 0 Å². The third-order valence-corrected chi connectivity index (χ3v) is 1.96. The van der Waals surface area contributed by atoms with Gasteiger partial charge in [-0.15, -0.1) is 0 Å². The number of halogens is 7. The maximum atomic E-state index is 12.4. The standard InChI is InChI=1S/C8H5BF7.K/c10-6-3-1-5(2-4-6)7(8(11,12)13)9(14,15)16;/h1-4,7H;/q-1;+1. The minimum atomic E-state index is -6.11. The summed E-state index contributed by atoms with van der Waals surface area (Å²) >= 11 is 0. The van der Waals surface area contributed by atoms with Gasteiger partial charge < -0.3 is 12.9 Å². The van der Waals surface area contributed by atoms with Crippen LogP contribution in [0, 0.1) is 5.82 Å². The van der Waals surface area contributed by atoms with Crippen molar-refractivity contribution in [3.8, 4) is 0 Å². The van der Waals surface area contributed by atoms with Crippen LogP contribution in [0.3, 0.4) is 0 Å². The van der Waals surface area contributed by atoms with Crippen molar-refractivity contribution >= 4 is 6.98 Å². The monoisotopic (exact) mass is 284 g/mol. The zero-order valence-electron chi connectivity index (χ0n) is 8.61. The third kappa shape index (κ3) is 4.90. The van der Waals surface area contributed by atoms with E-state index in [0.29, 0.717) is 24.3 Å². The summed E-state index contributed by atoms with van der Waals surface area (Å²) in [6.07, 6.45) is -5.42. The van der Waals surface area contributed by atoms with Crippen molar-refractivity contribution in [3.05, 3.63) is 35.6 Å². The molecule has 0 nitrogen and oxygen atoms in total. The van der Waals surface area contributed by atoms with E-state index in [-0.39, 0.29) is 51.4 Å². The molecule has 0 fully saturated rings. The Morgan fingerprint density at radius 1 is 0.941 bits per heavy atom. The van der Waals surface area contributed by atoms with Gasteiger partial charge in [0, 0.05) is 5.82 Å². The molecular weight excluding hydrogens is 279 g/mol. The second kappa shape index (κ2) is 6.05. The van der Waals surface area contributed by atoms with Crippen molar-refractivity contribution in [3.63, 3.8) is 0 Å². The average molecular weight is 284 g/mol. The topological polar surface area (TPSA) is 0 Å². The van der Waals surface area contributed by atoms with E-state index in [9.17, 15) is 30.5 Å². The van der Waals surface area contributed by atoms with Gasteiger partial charge in [-0.2, -0.15) is 13.2 Å². The molecule has 0 heterocycles. The molecule has 1 unspecified atom stereocenters. The van der Waals surface area contributed by atoms with Crippen LogP contribution in [0.4, 0.5) is 30.5 Å². The molecule has 0 saturated carbocycles. The quantitative estimate of drug-likeness (QED) is 0.558. The van der Waals surface area contributed by atoms with Crippen molar-refractivity contribution in [1.29, 1.82) is 0 Å². The molecule has 1 aromatic rings. The Bertz CT molecular complexity index is 342. The normalized spacial score (nSPS) is 14.1. The molecule has 0 aliphatic heterocycles. The van der Waals surface area contributed by atoms with Crippen LogP contribution in [0.25, 0.3) is 0 Å². The Labute approximate surface area is 135 Å². The fourth-order valence-electron chi connectivity index (χ4n) is 1.29. The molecule has 1 rings (SSSR count). The van der Waals surface area contributed by atoms with Crippen LogP contribution in [-0.2, 0) is 0 Å². The largest absolute Gasteiger partial charge is 1.00 e. The zero-order chi connectivity index (χ0) is 12.6. The first-order chi connectivity index (χ1) is 7.12. The van der Waals surface area contributed by atoms with E-state index in [1.54, 1.807) is 0 Å². The Balaban J connectivity index is 0.00000256. The maximum absolute atomic E-state index is 12.4. The third-order valence-electron chi connectivity index (χ3n) is 1.96. The van der Waals surface area contributed by atoms with Gasteiger partial charge in [-0.05, 0) is 12.1 Å². The fourth-order valence-corrected chi connectivity index (χ4v) is 1.29. The second-order valence-electron chi connectivity index (χ2n) is 3.20. The maximum Gasteiger partial charge on any atom is 1.00 e. The van der Waals surface area contributed by atoms with Gasteiger partial charge >= 0.3 is 64.5 Å².